The summed E-state index contributed by atoms with van der Waals surface area (Å²) < 4.78 is 4.65. The molecule has 288 valence electrons. The van der Waals surface area contributed by atoms with E-state index in [4.69, 9.17) is 9.97 Å². The molecule has 4 heteroatoms. The molecule has 62 heavy (non-hydrogen) atoms. The van der Waals surface area contributed by atoms with Gasteiger partial charge in [0, 0.05) is 38.2 Å². The molecule has 13 aromatic rings. The number of rotatable bonds is 5. The summed E-state index contributed by atoms with van der Waals surface area (Å²) in [4.78, 5) is 11.0. The number of aromatic nitrogens is 4. The van der Waals surface area contributed by atoms with E-state index < -0.39 is 0 Å². The van der Waals surface area contributed by atoms with Gasteiger partial charge < -0.3 is 4.57 Å². The van der Waals surface area contributed by atoms with Crippen molar-refractivity contribution >= 4 is 76.1 Å². The van der Waals surface area contributed by atoms with Crippen molar-refractivity contribution in [2.24, 2.45) is 0 Å². The lowest BCUT2D eigenvalue weighted by Crippen LogP contribution is -2.04. The average Bonchev–Trinajstić information content (AvgIpc) is 3.84. The first-order valence-corrected chi connectivity index (χ1v) is 21.2. The first kappa shape index (κ1) is 34.5. The maximum atomic E-state index is 5.53. The lowest BCUT2D eigenvalue weighted by Gasteiger charge is -2.14. The third-order valence-electron chi connectivity index (χ3n) is 12.7. The van der Waals surface area contributed by atoms with Crippen molar-refractivity contribution in [3.05, 3.63) is 218 Å². The minimum atomic E-state index is 0.639. The SMILES string of the molecule is c1ccc(-c2nc(-n3c4cc(-c5cccc6ccccc56)ccc4c4cc5ccccc5cc43)nc3cc(-c4ccc5c(c4)c4ccccc4n5-c4ccccc4)ccc23)cc1. The topological polar surface area (TPSA) is 35.6 Å². The minimum absolute atomic E-state index is 0.639. The summed E-state index contributed by atoms with van der Waals surface area (Å²) >= 11 is 0. The Bertz CT molecular complexity index is 3910. The zero-order valence-electron chi connectivity index (χ0n) is 33.6. The van der Waals surface area contributed by atoms with E-state index in [0.29, 0.717) is 5.95 Å². The summed E-state index contributed by atoms with van der Waals surface area (Å²) in [6.07, 6.45) is 0. The maximum Gasteiger partial charge on any atom is 0.235 e. The molecule has 10 aromatic carbocycles. The van der Waals surface area contributed by atoms with Crippen LogP contribution in [0.1, 0.15) is 0 Å². The van der Waals surface area contributed by atoms with Gasteiger partial charge in [0.1, 0.15) is 0 Å². The fraction of sp³-hybridized carbons (Fsp3) is 0. The number of fused-ring (bicyclic) bond motifs is 9. The van der Waals surface area contributed by atoms with Crippen molar-refractivity contribution in [3.63, 3.8) is 0 Å². The van der Waals surface area contributed by atoms with Gasteiger partial charge in [-0.15, -0.1) is 0 Å². The second kappa shape index (κ2) is 13.6. The van der Waals surface area contributed by atoms with Crippen LogP contribution < -0.4 is 0 Å². The summed E-state index contributed by atoms with van der Waals surface area (Å²) in [6, 6.07) is 78.6. The molecular weight excluding hydrogens is 753 g/mol. The molecule has 0 aliphatic rings. The Hall–Kier alpha value is -8.34. The Morgan fingerprint density at radius 1 is 0.290 bits per heavy atom. The van der Waals surface area contributed by atoms with E-state index in [1.165, 1.54) is 54.3 Å². The van der Waals surface area contributed by atoms with Gasteiger partial charge in [-0.1, -0.05) is 158 Å². The highest BCUT2D eigenvalue weighted by Crippen LogP contribution is 2.40. The molecule has 4 nitrogen and oxygen atoms in total. The predicted octanol–water partition coefficient (Wildman–Crippen LogP) is 15.1. The van der Waals surface area contributed by atoms with Crippen LogP contribution in [-0.4, -0.2) is 19.1 Å². The Labute approximate surface area is 357 Å². The van der Waals surface area contributed by atoms with Gasteiger partial charge >= 0.3 is 0 Å². The zero-order chi connectivity index (χ0) is 40.7. The molecule has 0 fully saturated rings. The molecule has 0 atom stereocenters. The van der Waals surface area contributed by atoms with Crippen LogP contribution in [-0.2, 0) is 0 Å². The monoisotopic (exact) mass is 788 g/mol. The maximum absolute atomic E-state index is 5.53. The second-order valence-electron chi connectivity index (χ2n) is 16.2. The third-order valence-corrected chi connectivity index (χ3v) is 12.7. The standard InChI is InChI=1S/C58H36N4/c1-3-15-38(16-4-1)57-49-30-26-42(41-28-31-54-50(33-41)47-23-11-12-25-53(47)61(54)44-20-5-2-6-21-44)34-52(49)59-58(60-57)62-55-36-43(46-24-13-19-37-14-9-10-22-45(37)46)27-29-48(55)51-32-39-17-7-8-18-40(39)35-56(51)62/h1-36H. The van der Waals surface area contributed by atoms with Gasteiger partial charge in [0.05, 0.1) is 33.3 Å². The van der Waals surface area contributed by atoms with Gasteiger partial charge in [-0.2, -0.15) is 0 Å². The van der Waals surface area contributed by atoms with Gasteiger partial charge in [-0.3, -0.25) is 4.57 Å². The summed E-state index contributed by atoms with van der Waals surface area (Å²) in [5, 5.41) is 10.6. The van der Waals surface area contributed by atoms with E-state index in [1.807, 2.05) is 0 Å². The molecule has 0 aliphatic heterocycles. The quantitative estimate of drug-likeness (QED) is 0.174. The van der Waals surface area contributed by atoms with Crippen LogP contribution in [0.5, 0.6) is 0 Å². The highest BCUT2D eigenvalue weighted by atomic mass is 15.2. The molecule has 0 bridgehead atoms. The third kappa shape index (κ3) is 5.33. The number of benzene rings is 10. The zero-order valence-corrected chi connectivity index (χ0v) is 33.6. The summed E-state index contributed by atoms with van der Waals surface area (Å²) in [7, 11) is 0. The first-order chi connectivity index (χ1) is 30.7. The highest BCUT2D eigenvalue weighted by Gasteiger charge is 2.20. The summed E-state index contributed by atoms with van der Waals surface area (Å²) in [5.74, 6) is 0.639. The van der Waals surface area contributed by atoms with Crippen LogP contribution in [0.3, 0.4) is 0 Å². The Morgan fingerprint density at radius 2 is 0.887 bits per heavy atom. The highest BCUT2D eigenvalue weighted by molar-refractivity contribution is 6.15. The predicted molar refractivity (Wildman–Crippen MR) is 260 cm³/mol. The van der Waals surface area contributed by atoms with Crippen LogP contribution in [0.2, 0.25) is 0 Å². The molecule has 0 spiro atoms. The number of hydrogen-bond acceptors (Lipinski definition) is 2. The van der Waals surface area contributed by atoms with E-state index in [2.05, 4.69) is 228 Å². The lowest BCUT2D eigenvalue weighted by molar-refractivity contribution is 1.01. The smallest absolute Gasteiger partial charge is 0.235 e. The second-order valence-corrected chi connectivity index (χ2v) is 16.2. The molecule has 0 aliphatic carbocycles. The minimum Gasteiger partial charge on any atom is -0.309 e. The van der Waals surface area contributed by atoms with Crippen LogP contribution in [0.25, 0.3) is 121 Å². The molecule has 3 aromatic heterocycles. The molecule has 0 saturated heterocycles. The van der Waals surface area contributed by atoms with Crippen LogP contribution in [0.15, 0.2) is 218 Å². The first-order valence-electron chi connectivity index (χ1n) is 21.2. The molecule has 0 amide bonds. The van der Waals surface area contributed by atoms with Gasteiger partial charge in [0.15, 0.2) is 0 Å². The van der Waals surface area contributed by atoms with Crippen molar-refractivity contribution in [3.8, 4) is 45.1 Å². The molecule has 3 heterocycles. The van der Waals surface area contributed by atoms with Crippen molar-refractivity contribution in [1.82, 2.24) is 19.1 Å². The van der Waals surface area contributed by atoms with E-state index in [0.717, 1.165) is 61.0 Å². The summed E-state index contributed by atoms with van der Waals surface area (Å²) in [5.41, 5.74) is 13.1. The molecule has 0 radical (unpaired) electrons. The molecular formula is C58H36N4. The molecule has 13 rings (SSSR count). The van der Waals surface area contributed by atoms with E-state index in [-0.39, 0.29) is 0 Å². The largest absolute Gasteiger partial charge is 0.309 e. The van der Waals surface area contributed by atoms with Crippen molar-refractivity contribution in [2.45, 2.75) is 0 Å². The van der Waals surface area contributed by atoms with E-state index in [1.54, 1.807) is 0 Å². The summed E-state index contributed by atoms with van der Waals surface area (Å²) in [6.45, 7) is 0. The number of para-hydroxylation sites is 2. The molecule has 0 unspecified atom stereocenters. The fourth-order valence-corrected chi connectivity index (χ4v) is 9.78. The van der Waals surface area contributed by atoms with Crippen molar-refractivity contribution in [2.75, 3.05) is 0 Å². The van der Waals surface area contributed by atoms with Gasteiger partial charge in [0.2, 0.25) is 5.95 Å². The van der Waals surface area contributed by atoms with Crippen LogP contribution in [0.4, 0.5) is 0 Å². The number of hydrogen-bond donors (Lipinski definition) is 0. The Balaban J connectivity index is 1.07. The van der Waals surface area contributed by atoms with E-state index >= 15 is 0 Å². The average molecular weight is 789 g/mol. The Morgan fingerprint density at radius 3 is 1.74 bits per heavy atom. The number of nitrogens with zero attached hydrogens (tertiary/aromatic N) is 4. The van der Waals surface area contributed by atoms with Crippen LogP contribution in [0, 0.1) is 0 Å². The van der Waals surface area contributed by atoms with Gasteiger partial charge in [0.25, 0.3) is 0 Å². The van der Waals surface area contributed by atoms with Crippen LogP contribution >= 0.6 is 0 Å². The molecule has 0 saturated carbocycles. The fourth-order valence-electron chi connectivity index (χ4n) is 9.78. The molecule has 0 N–H and O–H groups in total. The normalized spacial score (nSPS) is 11.9. The Kier molecular flexibility index (Phi) is 7.57. The lowest BCUT2D eigenvalue weighted by atomic mass is 9.97. The van der Waals surface area contributed by atoms with Gasteiger partial charge in [-0.05, 0) is 104 Å². The van der Waals surface area contributed by atoms with E-state index in [9.17, 15) is 0 Å². The van der Waals surface area contributed by atoms with Crippen molar-refractivity contribution < 1.29 is 0 Å². The van der Waals surface area contributed by atoms with Gasteiger partial charge in [-0.25, -0.2) is 9.97 Å². The van der Waals surface area contributed by atoms with Crippen molar-refractivity contribution in [1.29, 1.82) is 0 Å².